The lowest BCUT2D eigenvalue weighted by Gasteiger charge is -2.24. The molecule has 0 aromatic heterocycles. The van der Waals surface area contributed by atoms with E-state index in [1.807, 2.05) is 11.8 Å². The van der Waals surface area contributed by atoms with Gasteiger partial charge in [0.05, 0.1) is 7.11 Å². The van der Waals surface area contributed by atoms with E-state index < -0.39 is 0 Å². The molecule has 1 fully saturated rings. The Hall–Kier alpha value is -1.20. The number of ether oxygens (including phenoxy) is 2. The van der Waals surface area contributed by atoms with Crippen LogP contribution in [0.25, 0.3) is 0 Å². The van der Waals surface area contributed by atoms with E-state index in [9.17, 15) is 4.79 Å². The fourth-order valence-corrected chi connectivity index (χ4v) is 3.25. The van der Waals surface area contributed by atoms with Gasteiger partial charge in [-0.3, -0.25) is 4.79 Å². The molecule has 0 bridgehead atoms. The van der Waals surface area contributed by atoms with Gasteiger partial charge in [0.1, 0.15) is 6.10 Å². The maximum atomic E-state index is 11.9. The second-order valence-electron chi connectivity index (χ2n) is 4.76. The highest BCUT2D eigenvalue weighted by atomic mass is 32.2. The molecule has 1 saturated heterocycles. The van der Waals surface area contributed by atoms with Crippen LogP contribution in [0.3, 0.4) is 0 Å². The maximum absolute atomic E-state index is 11.9. The molecule has 0 saturated carbocycles. The molecular weight excluding hydrogens is 274 g/mol. The summed E-state index contributed by atoms with van der Waals surface area (Å²) in [5.41, 5.74) is 6.07. The average molecular weight is 295 g/mol. The zero-order valence-corrected chi connectivity index (χ0v) is 12.6. The molecule has 1 aliphatic rings. The van der Waals surface area contributed by atoms with Crippen LogP contribution in [0, 0.1) is 0 Å². The van der Waals surface area contributed by atoms with Gasteiger partial charge in [0.15, 0.2) is 17.3 Å². The molecule has 0 spiro atoms. The summed E-state index contributed by atoms with van der Waals surface area (Å²) in [5, 5.41) is 0. The minimum atomic E-state index is 0.0409. The molecule has 0 atom stereocenters. The quantitative estimate of drug-likeness (QED) is 0.817. The number of rotatable bonds is 6. The topological polar surface area (TPSA) is 61.5 Å². The fraction of sp³-hybridized carbons (Fsp3) is 0.533. The summed E-state index contributed by atoms with van der Waals surface area (Å²) in [6.45, 7) is 0.362. The molecule has 20 heavy (non-hydrogen) atoms. The van der Waals surface area contributed by atoms with Crippen LogP contribution in [0.1, 0.15) is 29.6 Å². The SMILES string of the molecule is COc1ccc(C(=O)CCN)cc1OC1CCSCC1. The Morgan fingerprint density at radius 2 is 2.10 bits per heavy atom. The Labute approximate surface area is 124 Å². The molecule has 1 aliphatic heterocycles. The van der Waals surface area contributed by atoms with Crippen LogP contribution in [0.2, 0.25) is 0 Å². The molecule has 0 aliphatic carbocycles. The summed E-state index contributed by atoms with van der Waals surface area (Å²) in [6.07, 6.45) is 2.64. The molecule has 2 N–H and O–H groups in total. The van der Waals surface area contributed by atoms with Gasteiger partial charge in [-0.1, -0.05) is 0 Å². The van der Waals surface area contributed by atoms with Crippen LogP contribution in [0.15, 0.2) is 18.2 Å². The second-order valence-corrected chi connectivity index (χ2v) is 5.98. The molecule has 0 radical (unpaired) electrons. The number of Topliss-reactive ketones (excluding diaryl/α,β-unsaturated/α-hetero) is 1. The largest absolute Gasteiger partial charge is 0.493 e. The number of carbonyl (C=O) groups is 1. The zero-order valence-electron chi connectivity index (χ0n) is 11.8. The summed E-state index contributed by atoms with van der Waals surface area (Å²) in [7, 11) is 1.61. The van der Waals surface area contributed by atoms with Crippen molar-refractivity contribution < 1.29 is 14.3 Å². The maximum Gasteiger partial charge on any atom is 0.164 e. The van der Waals surface area contributed by atoms with Gasteiger partial charge in [0, 0.05) is 12.0 Å². The van der Waals surface area contributed by atoms with E-state index in [4.69, 9.17) is 15.2 Å². The highest BCUT2D eigenvalue weighted by Crippen LogP contribution is 2.31. The number of hydrogen-bond acceptors (Lipinski definition) is 5. The second kappa shape index (κ2) is 7.55. The standard InChI is InChI=1S/C15H21NO3S/c1-18-14-3-2-11(13(17)4-7-16)10-15(14)19-12-5-8-20-9-6-12/h2-3,10,12H,4-9,16H2,1H3. The molecule has 1 heterocycles. The molecule has 2 rings (SSSR count). The monoisotopic (exact) mass is 295 g/mol. The lowest BCUT2D eigenvalue weighted by molar-refractivity contribution is 0.0984. The smallest absolute Gasteiger partial charge is 0.164 e. The minimum Gasteiger partial charge on any atom is -0.493 e. The number of carbonyl (C=O) groups excluding carboxylic acids is 1. The number of methoxy groups -OCH3 is 1. The Bertz CT molecular complexity index is 458. The van der Waals surface area contributed by atoms with Gasteiger partial charge in [-0.2, -0.15) is 11.8 Å². The van der Waals surface area contributed by atoms with Gasteiger partial charge in [0.2, 0.25) is 0 Å². The van der Waals surface area contributed by atoms with Crippen molar-refractivity contribution in [2.24, 2.45) is 5.73 Å². The van der Waals surface area contributed by atoms with Crippen molar-refractivity contribution in [1.82, 2.24) is 0 Å². The Kier molecular flexibility index (Phi) is 5.73. The van der Waals surface area contributed by atoms with Crippen LogP contribution in [-0.4, -0.2) is 37.0 Å². The third-order valence-corrected chi connectivity index (χ3v) is 4.37. The number of hydrogen-bond donors (Lipinski definition) is 1. The molecule has 1 aromatic carbocycles. The number of nitrogens with two attached hydrogens (primary N) is 1. The van der Waals surface area contributed by atoms with Crippen molar-refractivity contribution in [2.75, 3.05) is 25.2 Å². The zero-order chi connectivity index (χ0) is 14.4. The minimum absolute atomic E-state index is 0.0409. The summed E-state index contributed by atoms with van der Waals surface area (Å²) in [4.78, 5) is 11.9. The van der Waals surface area contributed by atoms with E-state index in [1.165, 1.54) is 0 Å². The highest BCUT2D eigenvalue weighted by Gasteiger charge is 2.18. The van der Waals surface area contributed by atoms with Crippen LogP contribution < -0.4 is 15.2 Å². The lowest BCUT2D eigenvalue weighted by atomic mass is 10.1. The normalized spacial score (nSPS) is 15.9. The van der Waals surface area contributed by atoms with Crippen molar-refractivity contribution in [3.63, 3.8) is 0 Å². The summed E-state index contributed by atoms with van der Waals surface area (Å²) < 4.78 is 11.3. The number of thioether (sulfide) groups is 1. The lowest BCUT2D eigenvalue weighted by Crippen LogP contribution is -2.22. The van der Waals surface area contributed by atoms with Crippen LogP contribution in [-0.2, 0) is 0 Å². The Balaban J connectivity index is 2.15. The van der Waals surface area contributed by atoms with E-state index in [-0.39, 0.29) is 11.9 Å². The Morgan fingerprint density at radius 3 is 2.75 bits per heavy atom. The van der Waals surface area contributed by atoms with Crippen molar-refractivity contribution in [3.8, 4) is 11.5 Å². The molecule has 0 unspecified atom stereocenters. The van der Waals surface area contributed by atoms with E-state index in [0.29, 0.717) is 30.0 Å². The predicted molar refractivity (Wildman–Crippen MR) is 82.0 cm³/mol. The van der Waals surface area contributed by atoms with Gasteiger partial charge in [-0.05, 0) is 49.1 Å². The average Bonchev–Trinajstić information content (AvgIpc) is 2.48. The molecule has 110 valence electrons. The van der Waals surface area contributed by atoms with E-state index in [0.717, 1.165) is 24.3 Å². The third kappa shape index (κ3) is 3.90. The summed E-state index contributed by atoms with van der Waals surface area (Å²) in [5.74, 6) is 3.62. The van der Waals surface area contributed by atoms with Crippen LogP contribution >= 0.6 is 11.8 Å². The molecule has 4 nitrogen and oxygen atoms in total. The van der Waals surface area contributed by atoms with Gasteiger partial charge < -0.3 is 15.2 Å². The van der Waals surface area contributed by atoms with Gasteiger partial charge >= 0.3 is 0 Å². The van der Waals surface area contributed by atoms with Crippen LogP contribution in [0.5, 0.6) is 11.5 Å². The van der Waals surface area contributed by atoms with E-state index in [1.54, 1.807) is 25.3 Å². The summed E-state index contributed by atoms with van der Waals surface area (Å²) in [6, 6.07) is 5.33. The van der Waals surface area contributed by atoms with E-state index >= 15 is 0 Å². The van der Waals surface area contributed by atoms with Gasteiger partial charge in [0.25, 0.3) is 0 Å². The molecule has 5 heteroatoms. The fourth-order valence-electron chi connectivity index (χ4n) is 2.19. The van der Waals surface area contributed by atoms with Crippen molar-refractivity contribution in [3.05, 3.63) is 23.8 Å². The molecule has 1 aromatic rings. The number of ketones is 1. The Morgan fingerprint density at radius 1 is 1.35 bits per heavy atom. The van der Waals surface area contributed by atoms with E-state index in [2.05, 4.69) is 0 Å². The number of benzene rings is 1. The van der Waals surface area contributed by atoms with Crippen molar-refractivity contribution in [2.45, 2.75) is 25.4 Å². The van der Waals surface area contributed by atoms with Gasteiger partial charge in [-0.15, -0.1) is 0 Å². The van der Waals surface area contributed by atoms with Gasteiger partial charge in [-0.25, -0.2) is 0 Å². The predicted octanol–water partition coefficient (Wildman–Crippen LogP) is 2.50. The molecular formula is C15H21NO3S. The summed E-state index contributed by atoms with van der Waals surface area (Å²) >= 11 is 1.95. The first-order chi connectivity index (χ1) is 9.74. The highest BCUT2D eigenvalue weighted by molar-refractivity contribution is 7.99. The molecule has 0 amide bonds. The first-order valence-corrected chi connectivity index (χ1v) is 8.05. The third-order valence-electron chi connectivity index (χ3n) is 3.32. The first kappa shape index (κ1) is 15.2. The van der Waals surface area contributed by atoms with Crippen molar-refractivity contribution >= 4 is 17.5 Å². The van der Waals surface area contributed by atoms with Crippen molar-refractivity contribution in [1.29, 1.82) is 0 Å². The van der Waals surface area contributed by atoms with Crippen LogP contribution in [0.4, 0.5) is 0 Å². The first-order valence-electron chi connectivity index (χ1n) is 6.90.